The number of rotatable bonds is 2. The molecule has 1 unspecified atom stereocenters. The van der Waals surface area contributed by atoms with E-state index in [9.17, 15) is 20.4 Å². The van der Waals surface area contributed by atoms with Gasteiger partial charge in [0.1, 0.15) is 30.5 Å². The lowest BCUT2D eigenvalue weighted by Gasteiger charge is -2.41. The molecule has 100 valence electrons. The third-order valence-corrected chi connectivity index (χ3v) is 3.34. The summed E-state index contributed by atoms with van der Waals surface area (Å²) in [6.45, 7) is 1.59. The maximum atomic E-state index is 10.2. The molecular formula is C13H18O5. The summed E-state index contributed by atoms with van der Waals surface area (Å²) >= 11 is 0. The van der Waals surface area contributed by atoms with Crippen molar-refractivity contribution in [2.75, 3.05) is 0 Å². The average molecular weight is 254 g/mol. The van der Waals surface area contributed by atoms with Gasteiger partial charge in [-0.05, 0) is 12.5 Å². The van der Waals surface area contributed by atoms with E-state index in [0.717, 1.165) is 0 Å². The molecule has 1 fully saturated rings. The molecule has 6 atom stereocenters. The Labute approximate surface area is 105 Å². The second-order valence-corrected chi connectivity index (χ2v) is 4.63. The first-order valence-electron chi connectivity index (χ1n) is 5.95. The Balaban J connectivity index is 2.18. The predicted molar refractivity (Wildman–Crippen MR) is 63.8 cm³/mol. The molecule has 0 saturated carbocycles. The highest BCUT2D eigenvalue weighted by Crippen LogP contribution is 2.29. The largest absolute Gasteiger partial charge is 0.388 e. The first kappa shape index (κ1) is 13.5. The van der Waals surface area contributed by atoms with Gasteiger partial charge in [-0.15, -0.1) is 0 Å². The van der Waals surface area contributed by atoms with Crippen molar-refractivity contribution >= 4 is 0 Å². The first-order valence-corrected chi connectivity index (χ1v) is 5.95. The predicted octanol–water partition coefficient (Wildman–Crippen LogP) is -0.410. The van der Waals surface area contributed by atoms with Crippen molar-refractivity contribution in [3.63, 3.8) is 0 Å². The Bertz CT molecular complexity index is 382. The van der Waals surface area contributed by atoms with E-state index in [2.05, 4.69) is 0 Å². The molecular weight excluding hydrogens is 236 g/mol. The lowest BCUT2D eigenvalue weighted by molar-refractivity contribution is -0.239. The Kier molecular flexibility index (Phi) is 3.99. The summed E-state index contributed by atoms with van der Waals surface area (Å²) in [6.07, 6.45) is -6.46. The highest BCUT2D eigenvalue weighted by Gasteiger charge is 2.44. The average Bonchev–Trinajstić information content (AvgIpc) is 2.41. The number of hydrogen-bond donors (Lipinski definition) is 4. The van der Waals surface area contributed by atoms with Crippen LogP contribution in [0, 0.1) is 0 Å². The topological polar surface area (TPSA) is 90.2 Å². The molecule has 5 heteroatoms. The lowest BCUT2D eigenvalue weighted by atomic mass is 9.90. The lowest BCUT2D eigenvalue weighted by Crippen LogP contribution is -2.58. The van der Waals surface area contributed by atoms with E-state index in [1.165, 1.54) is 0 Å². The van der Waals surface area contributed by atoms with E-state index >= 15 is 0 Å². The Hall–Kier alpha value is -0.980. The molecule has 5 nitrogen and oxygen atoms in total. The van der Waals surface area contributed by atoms with Crippen molar-refractivity contribution in [1.29, 1.82) is 0 Å². The quantitative estimate of drug-likeness (QED) is 0.576. The van der Waals surface area contributed by atoms with Gasteiger partial charge >= 0.3 is 0 Å². The molecule has 1 aliphatic heterocycles. The van der Waals surface area contributed by atoms with Crippen LogP contribution in [0.3, 0.4) is 0 Å². The van der Waals surface area contributed by atoms with Gasteiger partial charge in [0, 0.05) is 0 Å². The molecule has 1 saturated heterocycles. The maximum absolute atomic E-state index is 10.2. The van der Waals surface area contributed by atoms with E-state index in [0.29, 0.717) is 5.56 Å². The molecule has 0 aliphatic carbocycles. The highest BCUT2D eigenvalue weighted by atomic mass is 16.5. The number of aliphatic hydroxyl groups excluding tert-OH is 4. The van der Waals surface area contributed by atoms with Gasteiger partial charge in [-0.1, -0.05) is 30.3 Å². The Morgan fingerprint density at radius 1 is 1.00 bits per heavy atom. The van der Waals surface area contributed by atoms with Crippen LogP contribution >= 0.6 is 0 Å². The minimum absolute atomic E-state index is 0.595. The number of hydrogen-bond acceptors (Lipinski definition) is 5. The molecule has 1 heterocycles. The Morgan fingerprint density at radius 2 is 1.61 bits per heavy atom. The van der Waals surface area contributed by atoms with Crippen LogP contribution in [0.15, 0.2) is 30.3 Å². The normalized spacial score (nSPS) is 38.4. The van der Waals surface area contributed by atoms with E-state index in [4.69, 9.17) is 4.74 Å². The van der Waals surface area contributed by atoms with Crippen molar-refractivity contribution in [1.82, 2.24) is 0 Å². The van der Waals surface area contributed by atoms with Crippen molar-refractivity contribution in [2.45, 2.75) is 43.5 Å². The van der Waals surface area contributed by atoms with E-state index in [1.54, 1.807) is 31.2 Å². The van der Waals surface area contributed by atoms with Crippen LogP contribution in [0.2, 0.25) is 0 Å². The minimum atomic E-state index is -1.33. The molecule has 18 heavy (non-hydrogen) atoms. The molecule has 0 spiro atoms. The molecule has 0 aromatic heterocycles. The molecule has 1 aromatic rings. The Morgan fingerprint density at radius 3 is 2.22 bits per heavy atom. The van der Waals surface area contributed by atoms with Crippen LogP contribution in [0.4, 0.5) is 0 Å². The van der Waals surface area contributed by atoms with Gasteiger partial charge in [-0.25, -0.2) is 0 Å². The standard InChI is InChI=1S/C13H18O5/c1-7-9(14)11(16)12(17)13(18-7)10(15)8-5-3-2-4-6-8/h2-7,9-17H,1H3/t7-,9+,10?,11+,12-,13-/m0/s1. The summed E-state index contributed by atoms with van der Waals surface area (Å²) in [5.41, 5.74) is 0.595. The molecule has 1 aromatic carbocycles. The highest BCUT2D eigenvalue weighted by molar-refractivity contribution is 5.19. The smallest absolute Gasteiger partial charge is 0.116 e. The van der Waals surface area contributed by atoms with Gasteiger partial charge in [0.2, 0.25) is 0 Å². The summed E-state index contributed by atoms with van der Waals surface area (Å²) in [4.78, 5) is 0. The molecule has 0 bridgehead atoms. The zero-order valence-corrected chi connectivity index (χ0v) is 10.0. The summed E-state index contributed by atoms with van der Waals surface area (Å²) in [6, 6.07) is 8.77. The fraction of sp³-hybridized carbons (Fsp3) is 0.538. The van der Waals surface area contributed by atoms with Crippen LogP contribution in [0.5, 0.6) is 0 Å². The van der Waals surface area contributed by atoms with Crippen molar-refractivity contribution in [3.05, 3.63) is 35.9 Å². The fourth-order valence-electron chi connectivity index (χ4n) is 2.18. The summed E-state index contributed by atoms with van der Waals surface area (Å²) in [5, 5.41) is 39.3. The first-order chi connectivity index (χ1) is 8.52. The van der Waals surface area contributed by atoms with Gasteiger partial charge < -0.3 is 25.2 Å². The molecule has 4 N–H and O–H groups in total. The number of aliphatic hydroxyl groups is 4. The van der Waals surface area contributed by atoms with Crippen molar-refractivity contribution in [2.24, 2.45) is 0 Å². The third-order valence-electron chi connectivity index (χ3n) is 3.34. The van der Waals surface area contributed by atoms with Crippen LogP contribution in [-0.2, 0) is 4.74 Å². The van der Waals surface area contributed by atoms with E-state index < -0.39 is 36.6 Å². The summed E-state index contributed by atoms with van der Waals surface area (Å²) in [7, 11) is 0. The van der Waals surface area contributed by atoms with Crippen LogP contribution in [-0.4, -0.2) is 50.9 Å². The zero-order valence-electron chi connectivity index (χ0n) is 10.0. The van der Waals surface area contributed by atoms with Crippen LogP contribution in [0.25, 0.3) is 0 Å². The SMILES string of the molecule is C[C@@H]1O[C@@H](C(O)c2ccccc2)[C@@H](O)[C@H](O)[C@@H]1O. The zero-order chi connectivity index (χ0) is 13.3. The monoisotopic (exact) mass is 254 g/mol. The van der Waals surface area contributed by atoms with Gasteiger partial charge in [-0.3, -0.25) is 0 Å². The van der Waals surface area contributed by atoms with Crippen molar-refractivity contribution < 1.29 is 25.2 Å². The van der Waals surface area contributed by atoms with Gasteiger partial charge in [0.05, 0.1) is 6.10 Å². The van der Waals surface area contributed by atoms with E-state index in [1.807, 2.05) is 6.07 Å². The van der Waals surface area contributed by atoms with E-state index in [-0.39, 0.29) is 0 Å². The minimum Gasteiger partial charge on any atom is -0.388 e. The van der Waals surface area contributed by atoms with Crippen LogP contribution in [0.1, 0.15) is 18.6 Å². The summed E-state index contributed by atoms with van der Waals surface area (Å²) in [5.74, 6) is 0. The van der Waals surface area contributed by atoms with Gasteiger partial charge in [0.15, 0.2) is 0 Å². The number of benzene rings is 1. The molecule has 1 aliphatic rings. The maximum Gasteiger partial charge on any atom is 0.116 e. The number of ether oxygens (including phenoxy) is 1. The second-order valence-electron chi connectivity index (χ2n) is 4.63. The van der Waals surface area contributed by atoms with Crippen molar-refractivity contribution in [3.8, 4) is 0 Å². The van der Waals surface area contributed by atoms with Crippen LogP contribution < -0.4 is 0 Å². The third kappa shape index (κ3) is 2.41. The summed E-state index contributed by atoms with van der Waals surface area (Å²) < 4.78 is 5.39. The molecule has 0 radical (unpaired) electrons. The molecule has 2 rings (SSSR count). The fourth-order valence-corrected chi connectivity index (χ4v) is 2.18. The second kappa shape index (κ2) is 5.34. The molecule has 0 amide bonds. The van der Waals surface area contributed by atoms with Gasteiger partial charge in [-0.2, -0.15) is 0 Å². The van der Waals surface area contributed by atoms with Gasteiger partial charge in [0.25, 0.3) is 0 Å².